The molecule has 2 N–H and O–H groups in total. The highest BCUT2D eigenvalue weighted by Gasteiger charge is 2.20. The number of anilines is 1. The van der Waals surface area contributed by atoms with Crippen LogP contribution < -0.4 is 5.32 Å². The molecule has 0 aliphatic heterocycles. The summed E-state index contributed by atoms with van der Waals surface area (Å²) in [5, 5.41) is 11.9. The summed E-state index contributed by atoms with van der Waals surface area (Å²) in [4.78, 5) is 27.4. The summed E-state index contributed by atoms with van der Waals surface area (Å²) in [5.41, 5.74) is 0. The van der Waals surface area contributed by atoms with E-state index in [1.54, 1.807) is 6.20 Å². The van der Waals surface area contributed by atoms with Gasteiger partial charge < -0.3 is 10.4 Å². The van der Waals surface area contributed by atoms with Gasteiger partial charge in [-0.1, -0.05) is 37.0 Å². The zero-order chi connectivity index (χ0) is 14.4. The van der Waals surface area contributed by atoms with Crippen molar-refractivity contribution in [1.29, 1.82) is 0 Å². The molecule has 0 spiro atoms. The number of hydrogen-bond acceptors (Lipinski definition) is 4. The summed E-state index contributed by atoms with van der Waals surface area (Å²) >= 11 is 1.28. The Hall–Kier alpha value is -1.69. The van der Waals surface area contributed by atoms with E-state index in [-0.39, 0.29) is 11.8 Å². The van der Waals surface area contributed by atoms with Gasteiger partial charge in [0, 0.05) is 23.1 Å². The Morgan fingerprint density at radius 1 is 1.30 bits per heavy atom. The average Bonchev–Trinajstić information content (AvgIpc) is 2.68. The quantitative estimate of drug-likeness (QED) is 0.660. The van der Waals surface area contributed by atoms with E-state index < -0.39 is 5.97 Å². The molecule has 1 aliphatic rings. The molecule has 0 radical (unpaired) electrons. The van der Waals surface area contributed by atoms with Crippen molar-refractivity contribution in [2.75, 3.05) is 5.32 Å². The molecule has 1 aliphatic carbocycles. The number of carboxylic acid groups (broad SMARTS) is 1. The highest BCUT2D eigenvalue weighted by Crippen LogP contribution is 2.25. The smallest absolute Gasteiger partial charge is 0.328 e. The van der Waals surface area contributed by atoms with Crippen LogP contribution in [0.5, 0.6) is 0 Å². The topological polar surface area (TPSA) is 79.3 Å². The second kappa shape index (κ2) is 7.19. The number of carboxylic acids is 1. The first kappa shape index (κ1) is 14.7. The molecule has 0 saturated heterocycles. The van der Waals surface area contributed by atoms with E-state index in [2.05, 4.69) is 10.3 Å². The molecular formula is C14H18N2O3S. The van der Waals surface area contributed by atoms with Gasteiger partial charge in [0.1, 0.15) is 0 Å². The molecule has 1 aromatic heterocycles. The molecule has 0 aromatic carbocycles. The maximum absolute atomic E-state index is 12.1. The Balaban J connectivity index is 1.92. The van der Waals surface area contributed by atoms with Crippen LogP contribution in [0, 0.1) is 5.92 Å². The minimum atomic E-state index is -0.998. The minimum Gasteiger partial charge on any atom is -0.478 e. The van der Waals surface area contributed by atoms with E-state index in [0.29, 0.717) is 10.0 Å². The molecule has 5 nitrogen and oxygen atoms in total. The van der Waals surface area contributed by atoms with Crippen molar-refractivity contribution in [2.24, 2.45) is 5.92 Å². The van der Waals surface area contributed by atoms with Crippen LogP contribution in [-0.2, 0) is 9.59 Å². The van der Waals surface area contributed by atoms with Crippen molar-refractivity contribution in [1.82, 2.24) is 4.98 Å². The number of rotatable bonds is 4. The standard InChI is InChI=1S/C14H18N2O3S/c17-12(18)8-7-11-9-15-14(20-11)16-13(19)10-5-3-1-2-4-6-10/h7-10H,1-6H2,(H,17,18)(H,15,16,19). The molecule has 1 fully saturated rings. The fourth-order valence-corrected chi connectivity index (χ4v) is 3.05. The number of hydrogen-bond donors (Lipinski definition) is 2. The van der Waals surface area contributed by atoms with Crippen molar-refractivity contribution in [3.05, 3.63) is 17.2 Å². The third-order valence-corrected chi connectivity index (χ3v) is 4.25. The molecule has 2 rings (SSSR count). The lowest BCUT2D eigenvalue weighted by molar-refractivity contribution is -0.131. The lowest BCUT2D eigenvalue weighted by atomic mass is 10.00. The van der Waals surface area contributed by atoms with Gasteiger partial charge >= 0.3 is 5.97 Å². The van der Waals surface area contributed by atoms with Crippen molar-refractivity contribution < 1.29 is 14.7 Å². The highest BCUT2D eigenvalue weighted by molar-refractivity contribution is 7.16. The second-order valence-corrected chi connectivity index (χ2v) is 5.98. The molecule has 0 atom stereocenters. The van der Waals surface area contributed by atoms with Gasteiger partial charge in [0.25, 0.3) is 0 Å². The van der Waals surface area contributed by atoms with Crippen LogP contribution in [0.4, 0.5) is 5.13 Å². The van der Waals surface area contributed by atoms with Crippen LogP contribution in [0.3, 0.4) is 0 Å². The van der Waals surface area contributed by atoms with E-state index in [9.17, 15) is 9.59 Å². The molecule has 20 heavy (non-hydrogen) atoms. The number of aliphatic carboxylic acids is 1. The third-order valence-electron chi connectivity index (χ3n) is 3.37. The van der Waals surface area contributed by atoms with Gasteiger partial charge in [0.2, 0.25) is 5.91 Å². The summed E-state index contributed by atoms with van der Waals surface area (Å²) in [5.74, 6) is -0.878. The van der Waals surface area contributed by atoms with Crippen LogP contribution in [0.1, 0.15) is 43.4 Å². The van der Waals surface area contributed by atoms with Crippen LogP contribution in [0.2, 0.25) is 0 Å². The van der Waals surface area contributed by atoms with Crippen LogP contribution >= 0.6 is 11.3 Å². The normalized spacial score (nSPS) is 17.0. The van der Waals surface area contributed by atoms with Crippen molar-refractivity contribution in [3.63, 3.8) is 0 Å². The first-order chi connectivity index (χ1) is 9.65. The lowest BCUT2D eigenvalue weighted by Crippen LogP contribution is -2.22. The van der Waals surface area contributed by atoms with Gasteiger partial charge in [-0.2, -0.15) is 0 Å². The minimum absolute atomic E-state index is 0.0371. The Morgan fingerprint density at radius 3 is 2.65 bits per heavy atom. The summed E-state index contributed by atoms with van der Waals surface area (Å²) in [7, 11) is 0. The monoisotopic (exact) mass is 294 g/mol. The number of thiazole rings is 1. The third kappa shape index (κ3) is 4.45. The predicted octanol–water partition coefficient (Wildman–Crippen LogP) is 3.15. The lowest BCUT2D eigenvalue weighted by Gasteiger charge is -2.12. The molecule has 1 heterocycles. The van der Waals surface area contributed by atoms with E-state index >= 15 is 0 Å². The van der Waals surface area contributed by atoms with Gasteiger partial charge in [-0.25, -0.2) is 9.78 Å². The van der Waals surface area contributed by atoms with Gasteiger partial charge in [0.15, 0.2) is 5.13 Å². The summed E-state index contributed by atoms with van der Waals surface area (Å²) in [6, 6.07) is 0. The van der Waals surface area contributed by atoms with Gasteiger partial charge in [-0.15, -0.1) is 0 Å². The van der Waals surface area contributed by atoms with Crippen LogP contribution in [0.25, 0.3) is 6.08 Å². The summed E-state index contributed by atoms with van der Waals surface area (Å²) in [6.45, 7) is 0. The van der Waals surface area contributed by atoms with Gasteiger partial charge in [-0.05, 0) is 18.9 Å². The summed E-state index contributed by atoms with van der Waals surface area (Å²) in [6.07, 6.45) is 10.6. The van der Waals surface area contributed by atoms with Crippen LogP contribution in [-0.4, -0.2) is 22.0 Å². The Labute approximate surface area is 121 Å². The van der Waals surface area contributed by atoms with Crippen molar-refractivity contribution >= 4 is 34.4 Å². The number of carbonyl (C=O) groups excluding carboxylic acids is 1. The molecule has 108 valence electrons. The van der Waals surface area contributed by atoms with E-state index in [1.165, 1.54) is 30.3 Å². The Kier molecular flexibility index (Phi) is 5.29. The number of nitrogens with zero attached hydrogens (tertiary/aromatic N) is 1. The number of carbonyl (C=O) groups is 2. The van der Waals surface area contributed by atoms with E-state index in [4.69, 9.17) is 5.11 Å². The maximum atomic E-state index is 12.1. The first-order valence-electron chi connectivity index (χ1n) is 6.83. The highest BCUT2D eigenvalue weighted by atomic mass is 32.1. The molecule has 1 saturated carbocycles. The van der Waals surface area contributed by atoms with Crippen molar-refractivity contribution in [2.45, 2.75) is 38.5 Å². The fourth-order valence-electron chi connectivity index (χ4n) is 2.32. The summed E-state index contributed by atoms with van der Waals surface area (Å²) < 4.78 is 0. The van der Waals surface area contributed by atoms with Crippen molar-refractivity contribution in [3.8, 4) is 0 Å². The maximum Gasteiger partial charge on any atom is 0.328 e. The van der Waals surface area contributed by atoms with Gasteiger partial charge in [0.05, 0.1) is 0 Å². The van der Waals surface area contributed by atoms with E-state index in [0.717, 1.165) is 31.8 Å². The largest absolute Gasteiger partial charge is 0.478 e. The van der Waals surface area contributed by atoms with Gasteiger partial charge in [-0.3, -0.25) is 4.79 Å². The second-order valence-electron chi connectivity index (χ2n) is 4.92. The van der Waals surface area contributed by atoms with Crippen LogP contribution in [0.15, 0.2) is 12.3 Å². The first-order valence-corrected chi connectivity index (χ1v) is 7.64. The molecule has 6 heteroatoms. The number of nitrogens with one attached hydrogen (secondary N) is 1. The van der Waals surface area contributed by atoms with E-state index in [1.807, 2.05) is 0 Å². The molecule has 1 amide bonds. The zero-order valence-corrected chi connectivity index (χ0v) is 12.0. The SMILES string of the molecule is O=C(O)C=Cc1cnc(NC(=O)C2CCCCCC2)s1. The predicted molar refractivity (Wildman–Crippen MR) is 78.6 cm³/mol. The molecular weight excluding hydrogens is 276 g/mol. The molecule has 0 unspecified atom stereocenters. The molecule has 0 bridgehead atoms. The number of amides is 1. The average molecular weight is 294 g/mol. The molecule has 1 aromatic rings. The Morgan fingerprint density at radius 2 is 2.00 bits per heavy atom. The Bertz CT molecular complexity index is 502. The zero-order valence-electron chi connectivity index (χ0n) is 11.2. The fraction of sp³-hybridized carbons (Fsp3) is 0.500. The number of aromatic nitrogens is 1.